The van der Waals surface area contributed by atoms with Gasteiger partial charge in [0.1, 0.15) is 5.82 Å². The number of alkyl halides is 3. The van der Waals surface area contributed by atoms with Gasteiger partial charge in [-0.25, -0.2) is 17.6 Å². The van der Waals surface area contributed by atoms with Gasteiger partial charge in [0.15, 0.2) is 0 Å². The maximum atomic E-state index is 14.3. The molecule has 0 aromatic heterocycles. The Morgan fingerprint density at radius 3 is 2.15 bits per heavy atom. The number of methoxy groups -OCH3 is 1. The summed E-state index contributed by atoms with van der Waals surface area (Å²) in [5.74, 6) is -1.61. The molecule has 0 unspecified atom stereocenters. The third-order valence-electron chi connectivity index (χ3n) is 3.67. The molecule has 0 saturated carbocycles. The lowest BCUT2D eigenvalue weighted by Gasteiger charge is -2.23. The van der Waals surface area contributed by atoms with Crippen molar-refractivity contribution in [2.75, 3.05) is 17.7 Å². The maximum Gasteiger partial charge on any atom is 0.416 e. The third kappa shape index (κ3) is 4.97. The molecule has 27 heavy (non-hydrogen) atoms. The van der Waals surface area contributed by atoms with Crippen molar-refractivity contribution in [3.05, 3.63) is 65.0 Å². The number of carbonyl (C=O) groups excluding carboxylic acids is 1. The highest BCUT2D eigenvalue weighted by Crippen LogP contribution is 2.31. The van der Waals surface area contributed by atoms with Crippen LogP contribution in [0.4, 0.5) is 23.2 Å². The van der Waals surface area contributed by atoms with Gasteiger partial charge < -0.3 is 4.74 Å². The van der Waals surface area contributed by atoms with E-state index in [4.69, 9.17) is 0 Å². The van der Waals surface area contributed by atoms with Gasteiger partial charge in [-0.3, -0.25) is 4.31 Å². The monoisotopic (exact) mass is 405 g/mol. The Hall–Kier alpha value is -2.62. The fraction of sp³-hybridized carbons (Fsp3) is 0.235. The first-order chi connectivity index (χ1) is 12.4. The van der Waals surface area contributed by atoms with Gasteiger partial charge in [-0.15, -0.1) is 0 Å². The van der Waals surface area contributed by atoms with Crippen molar-refractivity contribution in [3.63, 3.8) is 0 Å². The van der Waals surface area contributed by atoms with Crippen LogP contribution in [-0.2, 0) is 27.5 Å². The normalized spacial score (nSPS) is 11.9. The van der Waals surface area contributed by atoms with Crippen LogP contribution in [0, 0.1) is 5.82 Å². The van der Waals surface area contributed by atoms with Crippen LogP contribution in [0.15, 0.2) is 42.5 Å². The summed E-state index contributed by atoms with van der Waals surface area (Å²) in [5, 5.41) is 0. The Kier molecular flexibility index (Phi) is 5.79. The summed E-state index contributed by atoms with van der Waals surface area (Å²) in [6.07, 6.45) is -3.71. The summed E-state index contributed by atoms with van der Waals surface area (Å²) < 4.78 is 81.6. The zero-order valence-corrected chi connectivity index (χ0v) is 15.1. The van der Waals surface area contributed by atoms with Gasteiger partial charge in [-0.05, 0) is 36.4 Å². The lowest BCUT2D eigenvalue weighted by Crippen LogP contribution is -2.29. The van der Waals surface area contributed by atoms with Crippen LogP contribution in [-0.4, -0.2) is 27.8 Å². The van der Waals surface area contributed by atoms with Crippen molar-refractivity contribution in [3.8, 4) is 0 Å². The highest BCUT2D eigenvalue weighted by Gasteiger charge is 2.30. The molecule has 0 fully saturated rings. The van der Waals surface area contributed by atoms with Crippen molar-refractivity contribution in [1.29, 1.82) is 0 Å². The molecule has 5 nitrogen and oxygen atoms in total. The van der Waals surface area contributed by atoms with E-state index in [-0.39, 0.29) is 16.8 Å². The van der Waals surface area contributed by atoms with Crippen molar-refractivity contribution in [2.24, 2.45) is 0 Å². The molecule has 10 heteroatoms. The van der Waals surface area contributed by atoms with Gasteiger partial charge in [-0.2, -0.15) is 13.2 Å². The van der Waals surface area contributed by atoms with Crippen molar-refractivity contribution in [1.82, 2.24) is 0 Å². The zero-order valence-electron chi connectivity index (χ0n) is 14.2. The number of nitrogens with zero attached hydrogens (tertiary/aromatic N) is 1. The molecular formula is C17H15F4NO4S. The molecule has 0 radical (unpaired) electrons. The molecule has 0 spiro atoms. The SMILES string of the molecule is COC(=O)c1ccc(CN(c2ccc(C(F)(F)F)cc2)S(C)(=O)=O)c(F)c1. The largest absolute Gasteiger partial charge is 0.465 e. The Balaban J connectivity index is 2.38. The summed E-state index contributed by atoms with van der Waals surface area (Å²) >= 11 is 0. The number of hydrogen-bond donors (Lipinski definition) is 0. The topological polar surface area (TPSA) is 63.7 Å². The van der Waals surface area contributed by atoms with Gasteiger partial charge >= 0.3 is 12.1 Å². The number of carbonyl (C=O) groups is 1. The Bertz CT molecular complexity index is 940. The van der Waals surface area contributed by atoms with Crippen LogP contribution in [0.5, 0.6) is 0 Å². The number of hydrogen-bond acceptors (Lipinski definition) is 4. The minimum absolute atomic E-state index is 0.0538. The van der Waals surface area contributed by atoms with Gasteiger partial charge in [0.2, 0.25) is 10.0 Å². The minimum atomic E-state index is -4.57. The van der Waals surface area contributed by atoms with E-state index in [1.165, 1.54) is 12.1 Å². The molecule has 0 aliphatic rings. The first kappa shape index (κ1) is 20.7. The fourth-order valence-corrected chi connectivity index (χ4v) is 3.17. The average Bonchev–Trinajstić information content (AvgIpc) is 2.58. The molecule has 2 rings (SSSR count). The standard InChI is InChI=1S/C17H15F4NO4S/c1-26-16(23)11-3-4-12(15(18)9-11)10-22(27(2,24)25)14-7-5-13(6-8-14)17(19,20)21/h3-9H,10H2,1-2H3. The molecule has 0 bridgehead atoms. The molecular weight excluding hydrogens is 390 g/mol. The van der Waals surface area contributed by atoms with E-state index in [2.05, 4.69) is 4.74 Å². The van der Waals surface area contributed by atoms with Gasteiger partial charge in [0.25, 0.3) is 0 Å². The molecule has 0 saturated heterocycles. The third-order valence-corrected chi connectivity index (χ3v) is 4.81. The molecule has 146 valence electrons. The van der Waals surface area contributed by atoms with Crippen LogP contribution in [0.2, 0.25) is 0 Å². The number of anilines is 1. The lowest BCUT2D eigenvalue weighted by atomic mass is 10.1. The zero-order chi connectivity index (χ0) is 20.4. The first-order valence-corrected chi connectivity index (χ1v) is 9.30. The smallest absolute Gasteiger partial charge is 0.416 e. The van der Waals surface area contributed by atoms with E-state index in [1.54, 1.807) is 0 Å². The maximum absolute atomic E-state index is 14.3. The Morgan fingerprint density at radius 1 is 1.11 bits per heavy atom. The second-order valence-corrected chi connectivity index (χ2v) is 7.52. The Labute approximate surface area is 153 Å². The van der Waals surface area contributed by atoms with Crippen molar-refractivity contribution >= 4 is 21.7 Å². The van der Waals surface area contributed by atoms with Gasteiger partial charge in [0.05, 0.1) is 36.7 Å². The number of halogens is 4. The molecule has 0 heterocycles. The second-order valence-electron chi connectivity index (χ2n) is 5.61. The number of esters is 1. The van der Waals surface area contributed by atoms with Gasteiger partial charge in [0, 0.05) is 5.56 Å². The van der Waals surface area contributed by atoms with Crippen molar-refractivity contribution < 1.29 is 35.5 Å². The predicted molar refractivity (Wildman–Crippen MR) is 90.2 cm³/mol. The lowest BCUT2D eigenvalue weighted by molar-refractivity contribution is -0.137. The number of benzene rings is 2. The predicted octanol–water partition coefficient (Wildman–Crippen LogP) is 3.60. The Morgan fingerprint density at radius 2 is 1.70 bits per heavy atom. The van der Waals surface area contributed by atoms with Crippen LogP contribution in [0.3, 0.4) is 0 Å². The highest BCUT2D eigenvalue weighted by molar-refractivity contribution is 7.92. The van der Waals surface area contributed by atoms with E-state index in [0.717, 1.165) is 48.0 Å². The number of ether oxygens (including phenoxy) is 1. The van der Waals surface area contributed by atoms with E-state index in [1.807, 2.05) is 0 Å². The summed E-state index contributed by atoms with van der Waals surface area (Å²) in [6.45, 7) is -0.461. The minimum Gasteiger partial charge on any atom is -0.465 e. The number of rotatable bonds is 5. The number of sulfonamides is 1. The summed E-state index contributed by atoms with van der Waals surface area (Å²) in [5.41, 5.74) is -1.11. The first-order valence-electron chi connectivity index (χ1n) is 7.45. The van der Waals surface area contributed by atoms with Crippen LogP contribution >= 0.6 is 0 Å². The summed E-state index contributed by atoms with van der Waals surface area (Å²) in [6, 6.07) is 6.83. The molecule has 2 aromatic carbocycles. The van der Waals surface area contributed by atoms with Crippen LogP contribution in [0.25, 0.3) is 0 Å². The van der Waals surface area contributed by atoms with Crippen molar-refractivity contribution in [2.45, 2.75) is 12.7 Å². The van der Waals surface area contributed by atoms with Crippen LogP contribution < -0.4 is 4.31 Å². The van der Waals surface area contributed by atoms with Gasteiger partial charge in [-0.1, -0.05) is 6.07 Å². The second kappa shape index (κ2) is 7.55. The molecule has 0 N–H and O–H groups in total. The highest BCUT2D eigenvalue weighted by atomic mass is 32.2. The molecule has 0 aliphatic carbocycles. The molecule has 0 amide bonds. The van der Waals surface area contributed by atoms with E-state index < -0.39 is 40.1 Å². The molecule has 0 aliphatic heterocycles. The molecule has 0 atom stereocenters. The van der Waals surface area contributed by atoms with E-state index in [0.29, 0.717) is 0 Å². The van der Waals surface area contributed by atoms with E-state index >= 15 is 0 Å². The van der Waals surface area contributed by atoms with Crippen LogP contribution in [0.1, 0.15) is 21.5 Å². The summed E-state index contributed by atoms with van der Waals surface area (Å²) in [7, 11) is -2.79. The summed E-state index contributed by atoms with van der Waals surface area (Å²) in [4.78, 5) is 11.4. The molecule has 2 aromatic rings. The average molecular weight is 405 g/mol. The fourth-order valence-electron chi connectivity index (χ4n) is 2.29. The van der Waals surface area contributed by atoms with E-state index in [9.17, 15) is 30.8 Å². The quantitative estimate of drug-likeness (QED) is 0.563.